The lowest BCUT2D eigenvalue weighted by atomic mass is 10.2. The van der Waals surface area contributed by atoms with Crippen LogP contribution in [0.1, 0.15) is 34.6 Å². The molecule has 0 radical (unpaired) electrons. The maximum absolute atomic E-state index is 13.1. The highest BCUT2D eigenvalue weighted by atomic mass is 16.6. The summed E-state index contributed by atoms with van der Waals surface area (Å²) in [6.07, 6.45) is 0.708. The third-order valence-electron chi connectivity index (χ3n) is 5.64. The first-order chi connectivity index (χ1) is 14.7. The molecule has 1 amide bonds. The number of aromatic nitrogens is 6. The Morgan fingerprint density at radius 1 is 1.03 bits per heavy atom. The van der Waals surface area contributed by atoms with Crippen molar-refractivity contribution in [2.75, 3.05) is 31.1 Å². The van der Waals surface area contributed by atoms with Crippen molar-refractivity contribution >= 4 is 28.4 Å². The van der Waals surface area contributed by atoms with Crippen LogP contribution in [0.2, 0.25) is 0 Å². The first kappa shape index (κ1) is 20.7. The van der Waals surface area contributed by atoms with Gasteiger partial charge in [-0.05, 0) is 13.8 Å². The first-order valence-electron chi connectivity index (χ1n) is 10.1. The zero-order valence-electron chi connectivity index (χ0n) is 18.3. The van der Waals surface area contributed by atoms with E-state index in [1.54, 1.807) is 16.6 Å². The first-order valence-corrected chi connectivity index (χ1v) is 10.1. The second-order valence-corrected chi connectivity index (χ2v) is 7.67. The monoisotopic (exact) mass is 427 g/mol. The number of hydrogen-bond acceptors (Lipinski definition) is 8. The Morgan fingerprint density at radius 3 is 2.29 bits per heavy atom. The van der Waals surface area contributed by atoms with E-state index in [-0.39, 0.29) is 23.0 Å². The van der Waals surface area contributed by atoms with Gasteiger partial charge in [0.25, 0.3) is 5.91 Å². The van der Waals surface area contributed by atoms with Crippen LogP contribution in [-0.2, 0) is 20.5 Å². The summed E-state index contributed by atoms with van der Waals surface area (Å²) in [5.74, 6) is 1.17. The summed E-state index contributed by atoms with van der Waals surface area (Å²) >= 11 is 0. The van der Waals surface area contributed by atoms with E-state index in [2.05, 4.69) is 20.1 Å². The Kier molecular flexibility index (Phi) is 5.07. The fourth-order valence-corrected chi connectivity index (χ4v) is 4.12. The van der Waals surface area contributed by atoms with E-state index in [9.17, 15) is 14.9 Å². The third-order valence-corrected chi connectivity index (χ3v) is 5.64. The van der Waals surface area contributed by atoms with Crippen LogP contribution in [-0.4, -0.2) is 71.4 Å². The fraction of sp³-hybridized carbons (Fsp3) is 0.526. The molecule has 0 unspecified atom stereocenters. The molecule has 1 fully saturated rings. The average molecular weight is 427 g/mol. The molecule has 0 spiro atoms. The molecule has 31 heavy (non-hydrogen) atoms. The van der Waals surface area contributed by atoms with Gasteiger partial charge in [0.1, 0.15) is 22.6 Å². The van der Waals surface area contributed by atoms with Gasteiger partial charge in [-0.25, -0.2) is 9.97 Å². The van der Waals surface area contributed by atoms with Gasteiger partial charge in [-0.1, -0.05) is 6.92 Å². The molecule has 12 nitrogen and oxygen atoms in total. The summed E-state index contributed by atoms with van der Waals surface area (Å²) in [4.78, 5) is 37.1. The molecule has 1 aliphatic rings. The van der Waals surface area contributed by atoms with Gasteiger partial charge < -0.3 is 9.80 Å². The smallest absolute Gasteiger partial charge is 0.322 e. The molecule has 3 aromatic heterocycles. The van der Waals surface area contributed by atoms with E-state index in [4.69, 9.17) is 4.98 Å². The summed E-state index contributed by atoms with van der Waals surface area (Å²) in [5.41, 5.74) is 2.57. The Morgan fingerprint density at radius 2 is 1.68 bits per heavy atom. The zero-order valence-corrected chi connectivity index (χ0v) is 18.3. The van der Waals surface area contributed by atoms with Crippen molar-refractivity contribution in [1.82, 2.24) is 34.4 Å². The third kappa shape index (κ3) is 3.37. The summed E-state index contributed by atoms with van der Waals surface area (Å²) in [7, 11) is 3.43. The Balaban J connectivity index is 1.60. The van der Waals surface area contributed by atoms with Crippen molar-refractivity contribution in [2.45, 2.75) is 27.2 Å². The minimum Gasteiger partial charge on any atom is -0.351 e. The molecule has 0 bridgehead atoms. The number of nitrogens with zero attached hydrogens (tertiary/aromatic N) is 9. The molecule has 12 heteroatoms. The summed E-state index contributed by atoms with van der Waals surface area (Å²) in [6, 6.07) is 0. The predicted molar refractivity (Wildman–Crippen MR) is 113 cm³/mol. The van der Waals surface area contributed by atoms with Crippen molar-refractivity contribution in [3.63, 3.8) is 0 Å². The molecule has 0 aromatic carbocycles. The number of carbonyl (C=O) groups excluding carboxylic acids is 1. The van der Waals surface area contributed by atoms with Crippen molar-refractivity contribution in [3.05, 3.63) is 33.0 Å². The molecule has 0 atom stereocenters. The normalized spacial score (nSPS) is 14.5. The molecule has 3 aromatic rings. The number of carbonyl (C=O) groups is 1. The summed E-state index contributed by atoms with van der Waals surface area (Å²) in [5, 5.41) is 20.0. The second-order valence-electron chi connectivity index (χ2n) is 7.67. The van der Waals surface area contributed by atoms with Crippen LogP contribution in [0.5, 0.6) is 0 Å². The maximum atomic E-state index is 13.1. The standard InChI is InChI=1S/C19H25N9O3/c1-6-13-20-14-11(2)22-24(4)16(14)18(21-13)26-7-9-27(10-8-26)19(29)17-15(28(30)31)12(3)23-25(17)5/h6-10H2,1-5H3. The van der Waals surface area contributed by atoms with Gasteiger partial charge in [0.05, 0.1) is 10.6 Å². The number of amides is 1. The second kappa shape index (κ2) is 7.60. The minimum atomic E-state index is -0.541. The van der Waals surface area contributed by atoms with E-state index < -0.39 is 4.92 Å². The molecule has 0 saturated carbocycles. The molecule has 4 rings (SSSR count). The number of aryl methyl sites for hydroxylation is 5. The highest BCUT2D eigenvalue weighted by Gasteiger charge is 2.34. The molecule has 164 valence electrons. The molecule has 1 saturated heterocycles. The topological polar surface area (TPSA) is 128 Å². The molecular weight excluding hydrogens is 402 g/mol. The van der Waals surface area contributed by atoms with E-state index in [0.29, 0.717) is 32.6 Å². The molecule has 1 aliphatic heterocycles. The van der Waals surface area contributed by atoms with Crippen molar-refractivity contribution in [2.24, 2.45) is 14.1 Å². The lowest BCUT2D eigenvalue weighted by Crippen LogP contribution is -2.49. The van der Waals surface area contributed by atoms with Gasteiger partial charge in [-0.15, -0.1) is 0 Å². The zero-order chi connectivity index (χ0) is 22.4. The van der Waals surface area contributed by atoms with Crippen LogP contribution >= 0.6 is 0 Å². The van der Waals surface area contributed by atoms with Crippen LogP contribution in [0.25, 0.3) is 11.0 Å². The van der Waals surface area contributed by atoms with E-state index in [1.807, 2.05) is 20.9 Å². The van der Waals surface area contributed by atoms with Crippen LogP contribution in [0.3, 0.4) is 0 Å². The van der Waals surface area contributed by atoms with E-state index >= 15 is 0 Å². The van der Waals surface area contributed by atoms with Gasteiger partial charge in [0.15, 0.2) is 5.82 Å². The average Bonchev–Trinajstić information content (AvgIpc) is 3.21. The van der Waals surface area contributed by atoms with Gasteiger partial charge >= 0.3 is 5.69 Å². The minimum absolute atomic E-state index is 0.0101. The van der Waals surface area contributed by atoms with Crippen LogP contribution in [0.4, 0.5) is 11.5 Å². The SMILES string of the molecule is CCc1nc(N2CCN(C(=O)c3c([N+](=O)[O-])c(C)nn3C)CC2)c2c(n1)c(C)nn2C. The van der Waals surface area contributed by atoms with E-state index in [1.165, 1.54) is 11.6 Å². The fourth-order valence-electron chi connectivity index (χ4n) is 4.12. The highest BCUT2D eigenvalue weighted by molar-refractivity contribution is 5.97. The lowest BCUT2D eigenvalue weighted by Gasteiger charge is -2.35. The highest BCUT2D eigenvalue weighted by Crippen LogP contribution is 2.28. The number of fused-ring (bicyclic) bond motifs is 1. The van der Waals surface area contributed by atoms with Crippen LogP contribution in [0, 0.1) is 24.0 Å². The lowest BCUT2D eigenvalue weighted by molar-refractivity contribution is -0.385. The maximum Gasteiger partial charge on any atom is 0.322 e. The molecular formula is C19H25N9O3. The van der Waals surface area contributed by atoms with Crippen LogP contribution in [0.15, 0.2) is 0 Å². The summed E-state index contributed by atoms with van der Waals surface area (Å²) in [6.45, 7) is 7.42. The number of piperazine rings is 1. The largest absolute Gasteiger partial charge is 0.351 e. The van der Waals surface area contributed by atoms with Gasteiger partial charge in [0.2, 0.25) is 5.69 Å². The predicted octanol–water partition coefficient (Wildman–Crippen LogP) is 1.15. The van der Waals surface area contributed by atoms with Gasteiger partial charge in [-0.3, -0.25) is 24.3 Å². The van der Waals surface area contributed by atoms with Crippen molar-refractivity contribution < 1.29 is 9.72 Å². The summed E-state index contributed by atoms with van der Waals surface area (Å²) < 4.78 is 3.08. The van der Waals surface area contributed by atoms with Gasteiger partial charge in [0, 0.05) is 46.7 Å². The quantitative estimate of drug-likeness (QED) is 0.448. The Labute approximate surface area is 178 Å². The Bertz CT molecular complexity index is 1190. The van der Waals surface area contributed by atoms with Crippen molar-refractivity contribution in [1.29, 1.82) is 0 Å². The number of rotatable bonds is 4. The van der Waals surface area contributed by atoms with E-state index in [0.717, 1.165) is 28.4 Å². The molecule has 0 N–H and O–H groups in total. The van der Waals surface area contributed by atoms with Crippen molar-refractivity contribution in [3.8, 4) is 0 Å². The molecule has 0 aliphatic carbocycles. The molecule has 4 heterocycles. The van der Waals surface area contributed by atoms with Crippen LogP contribution < -0.4 is 4.90 Å². The number of nitro groups is 1. The number of anilines is 1. The number of hydrogen-bond donors (Lipinski definition) is 0. The Hall–Kier alpha value is -3.57. The van der Waals surface area contributed by atoms with Gasteiger partial charge in [-0.2, -0.15) is 10.2 Å².